The average Bonchev–Trinajstić information content (AvgIpc) is 2.86. The van der Waals surface area contributed by atoms with Gasteiger partial charge < -0.3 is 5.32 Å². The molecule has 3 rings (SSSR count). The van der Waals surface area contributed by atoms with E-state index in [4.69, 9.17) is 0 Å². The number of hydrogen-bond donors (Lipinski definition) is 1. The molecule has 20 heavy (non-hydrogen) atoms. The van der Waals surface area contributed by atoms with E-state index in [0.29, 0.717) is 6.04 Å². The van der Waals surface area contributed by atoms with Crippen LogP contribution >= 0.6 is 27.3 Å². The number of rotatable bonds is 6. The van der Waals surface area contributed by atoms with Gasteiger partial charge in [-0.3, -0.25) is 0 Å². The summed E-state index contributed by atoms with van der Waals surface area (Å²) in [4.78, 5) is 1.45. The molecule has 1 aliphatic rings. The first-order valence-corrected chi connectivity index (χ1v) is 8.95. The van der Waals surface area contributed by atoms with Crippen LogP contribution in [0.3, 0.4) is 0 Å². The molecule has 3 heteroatoms. The molecular formula is C17H20BrNS. The Balaban J connectivity index is 1.71. The lowest BCUT2D eigenvalue weighted by atomic mass is 9.74. The van der Waals surface area contributed by atoms with Crippen LogP contribution in [0.1, 0.15) is 47.7 Å². The van der Waals surface area contributed by atoms with Gasteiger partial charge in [-0.2, -0.15) is 0 Å². The van der Waals surface area contributed by atoms with E-state index in [2.05, 4.69) is 64.6 Å². The minimum atomic E-state index is 0.490. The summed E-state index contributed by atoms with van der Waals surface area (Å²) in [6.07, 6.45) is 3.64. The summed E-state index contributed by atoms with van der Waals surface area (Å²) in [6.45, 7) is 3.32. The maximum Gasteiger partial charge on any atom is 0.0701 e. The molecule has 1 aliphatic carbocycles. The molecule has 0 spiro atoms. The highest BCUT2D eigenvalue weighted by molar-refractivity contribution is 9.11. The van der Waals surface area contributed by atoms with Crippen molar-refractivity contribution >= 4 is 27.3 Å². The molecule has 0 radical (unpaired) electrons. The second-order valence-electron chi connectivity index (χ2n) is 5.48. The van der Waals surface area contributed by atoms with Gasteiger partial charge in [-0.15, -0.1) is 11.3 Å². The van der Waals surface area contributed by atoms with Crippen molar-refractivity contribution in [1.29, 1.82) is 0 Å². The maximum atomic E-state index is 3.72. The van der Waals surface area contributed by atoms with Crippen LogP contribution in [-0.4, -0.2) is 6.54 Å². The van der Waals surface area contributed by atoms with Gasteiger partial charge in [0.05, 0.1) is 3.79 Å². The second kappa shape index (κ2) is 6.42. The number of halogens is 1. The number of fused-ring (bicyclic) bond motifs is 1. The fraction of sp³-hybridized carbons (Fsp3) is 0.412. The summed E-state index contributed by atoms with van der Waals surface area (Å²) in [6, 6.07) is 13.8. The minimum absolute atomic E-state index is 0.490. The molecule has 0 bridgehead atoms. The van der Waals surface area contributed by atoms with Gasteiger partial charge in [-0.05, 0) is 70.9 Å². The first-order chi connectivity index (χ1) is 9.78. The normalized spacial score (nSPS) is 18.4. The van der Waals surface area contributed by atoms with Crippen molar-refractivity contribution in [3.63, 3.8) is 0 Å². The highest BCUT2D eigenvalue weighted by Gasteiger charge is 2.28. The molecule has 1 aromatic heterocycles. The minimum Gasteiger partial charge on any atom is -0.309 e. The Hall–Kier alpha value is -0.640. The Morgan fingerprint density at radius 2 is 2.15 bits per heavy atom. The predicted molar refractivity (Wildman–Crippen MR) is 90.6 cm³/mol. The van der Waals surface area contributed by atoms with Crippen LogP contribution < -0.4 is 5.32 Å². The van der Waals surface area contributed by atoms with E-state index in [-0.39, 0.29) is 0 Å². The van der Waals surface area contributed by atoms with Crippen LogP contribution in [0.25, 0.3) is 0 Å². The second-order valence-corrected chi connectivity index (χ2v) is 7.98. The number of hydrogen-bond acceptors (Lipinski definition) is 2. The van der Waals surface area contributed by atoms with Gasteiger partial charge in [0, 0.05) is 10.9 Å². The summed E-state index contributed by atoms with van der Waals surface area (Å²) in [5.74, 6) is 0.724. The average molecular weight is 350 g/mol. The first-order valence-electron chi connectivity index (χ1n) is 7.34. The van der Waals surface area contributed by atoms with Crippen molar-refractivity contribution in [2.75, 3.05) is 6.54 Å². The van der Waals surface area contributed by atoms with Crippen molar-refractivity contribution in [3.8, 4) is 0 Å². The van der Waals surface area contributed by atoms with E-state index >= 15 is 0 Å². The van der Waals surface area contributed by atoms with Crippen molar-refractivity contribution < 1.29 is 0 Å². The van der Waals surface area contributed by atoms with Gasteiger partial charge in [-0.1, -0.05) is 31.2 Å². The molecule has 106 valence electrons. The molecule has 1 heterocycles. The first kappa shape index (κ1) is 14.3. The number of thiophene rings is 1. The van der Waals surface area contributed by atoms with E-state index in [0.717, 1.165) is 12.5 Å². The van der Waals surface area contributed by atoms with Gasteiger partial charge in [0.15, 0.2) is 0 Å². The van der Waals surface area contributed by atoms with Crippen LogP contribution in [-0.2, 0) is 6.42 Å². The van der Waals surface area contributed by atoms with E-state index in [1.165, 1.54) is 27.9 Å². The van der Waals surface area contributed by atoms with E-state index in [1.54, 1.807) is 11.1 Å². The highest BCUT2D eigenvalue weighted by Crippen LogP contribution is 2.42. The van der Waals surface area contributed by atoms with Crippen LogP contribution in [0.15, 0.2) is 40.2 Å². The molecule has 1 N–H and O–H groups in total. The summed E-state index contributed by atoms with van der Waals surface area (Å²) < 4.78 is 1.23. The van der Waals surface area contributed by atoms with Crippen molar-refractivity contribution in [2.45, 2.75) is 38.1 Å². The molecule has 1 aromatic carbocycles. The predicted octanol–water partition coefficient (Wildman–Crippen LogP) is 5.28. The molecule has 0 saturated carbocycles. The van der Waals surface area contributed by atoms with E-state index in [1.807, 2.05) is 11.3 Å². The fourth-order valence-corrected chi connectivity index (χ4v) is 4.50. The Bertz CT molecular complexity index is 578. The van der Waals surface area contributed by atoms with Gasteiger partial charge >= 0.3 is 0 Å². The largest absolute Gasteiger partial charge is 0.309 e. The molecule has 0 aliphatic heterocycles. The third kappa shape index (κ3) is 3.00. The van der Waals surface area contributed by atoms with Gasteiger partial charge in [0.25, 0.3) is 0 Å². The summed E-state index contributed by atoms with van der Waals surface area (Å²) in [5.41, 5.74) is 3.10. The third-order valence-electron chi connectivity index (χ3n) is 4.06. The van der Waals surface area contributed by atoms with Crippen molar-refractivity contribution in [3.05, 3.63) is 56.2 Å². The summed E-state index contributed by atoms with van der Waals surface area (Å²) >= 11 is 5.44. The molecule has 0 saturated heterocycles. The molecule has 0 amide bonds. The van der Waals surface area contributed by atoms with Crippen molar-refractivity contribution in [2.24, 2.45) is 0 Å². The van der Waals surface area contributed by atoms with Crippen LogP contribution in [0.5, 0.6) is 0 Å². The molecule has 2 unspecified atom stereocenters. The SMILES string of the molecule is CCCNC(CC1Cc2ccccc21)c1ccc(Br)s1. The van der Waals surface area contributed by atoms with E-state index in [9.17, 15) is 0 Å². The van der Waals surface area contributed by atoms with Crippen LogP contribution in [0, 0.1) is 0 Å². The molecule has 2 atom stereocenters. The highest BCUT2D eigenvalue weighted by atomic mass is 79.9. The quantitative estimate of drug-likeness (QED) is 0.747. The standard InChI is InChI=1S/C17H20BrNS/c1-2-9-19-15(16-7-8-17(18)20-16)11-13-10-12-5-3-4-6-14(12)13/h3-8,13,15,19H,2,9-11H2,1H3. The maximum absolute atomic E-state index is 3.72. The lowest BCUT2D eigenvalue weighted by Crippen LogP contribution is -2.27. The Morgan fingerprint density at radius 1 is 1.30 bits per heavy atom. The monoisotopic (exact) mass is 349 g/mol. The van der Waals surface area contributed by atoms with Crippen LogP contribution in [0.4, 0.5) is 0 Å². The molecular weight excluding hydrogens is 330 g/mol. The lowest BCUT2D eigenvalue weighted by Gasteiger charge is -2.33. The smallest absolute Gasteiger partial charge is 0.0701 e. The molecule has 1 nitrogen and oxygen atoms in total. The Kier molecular flexibility index (Phi) is 4.59. The van der Waals surface area contributed by atoms with Gasteiger partial charge in [0.1, 0.15) is 0 Å². The lowest BCUT2D eigenvalue weighted by molar-refractivity contribution is 0.433. The third-order valence-corrected chi connectivity index (χ3v) is 5.80. The van der Waals surface area contributed by atoms with Gasteiger partial charge in [0.2, 0.25) is 0 Å². The van der Waals surface area contributed by atoms with Gasteiger partial charge in [-0.25, -0.2) is 0 Å². The Morgan fingerprint density at radius 3 is 2.85 bits per heavy atom. The Labute approximate surface area is 133 Å². The summed E-state index contributed by atoms with van der Waals surface area (Å²) in [5, 5.41) is 3.72. The fourth-order valence-electron chi connectivity index (χ4n) is 2.99. The van der Waals surface area contributed by atoms with E-state index < -0.39 is 0 Å². The zero-order valence-corrected chi connectivity index (χ0v) is 14.1. The summed E-state index contributed by atoms with van der Waals surface area (Å²) in [7, 11) is 0. The number of benzene rings is 1. The van der Waals surface area contributed by atoms with Crippen LogP contribution in [0.2, 0.25) is 0 Å². The topological polar surface area (TPSA) is 12.0 Å². The molecule has 2 aromatic rings. The zero-order chi connectivity index (χ0) is 13.9. The zero-order valence-electron chi connectivity index (χ0n) is 11.7. The number of nitrogens with one attached hydrogen (secondary N) is 1. The van der Waals surface area contributed by atoms with Crippen molar-refractivity contribution in [1.82, 2.24) is 5.32 Å². The molecule has 0 fully saturated rings.